The molecule has 19 heavy (non-hydrogen) atoms. The van der Waals surface area contributed by atoms with Crippen LogP contribution in [0.4, 0.5) is 0 Å². The topological polar surface area (TPSA) is 17.8 Å². The van der Waals surface area contributed by atoms with Crippen LogP contribution in [0.3, 0.4) is 0 Å². The van der Waals surface area contributed by atoms with Crippen LogP contribution in [0.1, 0.15) is 23.9 Å². The van der Waals surface area contributed by atoms with Gasteiger partial charge >= 0.3 is 0 Å². The summed E-state index contributed by atoms with van der Waals surface area (Å²) in [4.78, 5) is 4.75. The maximum Gasteiger partial charge on any atom is 0.110 e. The molecule has 0 N–H and O–H groups in total. The molecule has 0 radical (unpaired) electrons. The van der Waals surface area contributed by atoms with E-state index < -0.39 is 0 Å². The van der Waals surface area contributed by atoms with Crippen LogP contribution >= 0.6 is 15.9 Å². The molecule has 4 rings (SSSR count). The maximum atomic E-state index is 4.75. The monoisotopic (exact) mass is 312 g/mol. The van der Waals surface area contributed by atoms with Crippen molar-refractivity contribution in [2.75, 3.05) is 0 Å². The molecule has 0 unspecified atom stereocenters. The number of imidazole rings is 1. The lowest BCUT2D eigenvalue weighted by Gasteiger charge is -2.14. The lowest BCUT2D eigenvalue weighted by atomic mass is 10.0. The van der Waals surface area contributed by atoms with Crippen molar-refractivity contribution < 1.29 is 0 Å². The van der Waals surface area contributed by atoms with Crippen molar-refractivity contribution in [2.24, 2.45) is 0 Å². The van der Waals surface area contributed by atoms with E-state index in [0.717, 1.165) is 22.8 Å². The van der Waals surface area contributed by atoms with E-state index in [-0.39, 0.29) is 0 Å². The van der Waals surface area contributed by atoms with Crippen molar-refractivity contribution in [1.29, 1.82) is 0 Å². The summed E-state index contributed by atoms with van der Waals surface area (Å²) < 4.78 is 3.51. The fourth-order valence-corrected chi connectivity index (χ4v) is 3.38. The van der Waals surface area contributed by atoms with E-state index in [1.165, 1.54) is 16.9 Å². The van der Waals surface area contributed by atoms with Gasteiger partial charge in [0.25, 0.3) is 0 Å². The summed E-state index contributed by atoms with van der Waals surface area (Å²) in [5.74, 6) is 1.21. The van der Waals surface area contributed by atoms with Gasteiger partial charge in [0.1, 0.15) is 5.82 Å². The molecule has 1 aliphatic heterocycles. The smallest absolute Gasteiger partial charge is 0.110 e. The molecule has 0 aliphatic carbocycles. The summed E-state index contributed by atoms with van der Waals surface area (Å²) in [5.41, 5.74) is 3.70. The van der Waals surface area contributed by atoms with Crippen molar-refractivity contribution in [1.82, 2.24) is 9.55 Å². The minimum Gasteiger partial charge on any atom is -0.320 e. The Labute approximate surface area is 120 Å². The number of benzene rings is 2. The summed E-state index contributed by atoms with van der Waals surface area (Å²) in [6.07, 6.45) is 2.21. The molecule has 0 saturated heterocycles. The number of aromatic nitrogens is 2. The first-order valence-electron chi connectivity index (χ1n) is 6.54. The van der Waals surface area contributed by atoms with Crippen molar-refractivity contribution in [3.05, 3.63) is 64.4 Å². The minimum atomic E-state index is 0.426. The maximum absolute atomic E-state index is 4.75. The summed E-state index contributed by atoms with van der Waals surface area (Å²) >= 11 is 3.56. The Morgan fingerprint density at radius 3 is 2.79 bits per heavy atom. The second kappa shape index (κ2) is 4.20. The summed E-state index contributed by atoms with van der Waals surface area (Å²) in [6.45, 7) is 0. The molecule has 0 amide bonds. The molecule has 2 heterocycles. The zero-order valence-corrected chi connectivity index (χ0v) is 12.0. The van der Waals surface area contributed by atoms with Gasteiger partial charge in [0, 0.05) is 10.9 Å². The first kappa shape index (κ1) is 11.2. The predicted octanol–water partition coefficient (Wildman–Crippen LogP) is 4.33. The van der Waals surface area contributed by atoms with Crippen LogP contribution in [0.15, 0.2) is 53.0 Å². The quantitative estimate of drug-likeness (QED) is 0.654. The van der Waals surface area contributed by atoms with E-state index in [9.17, 15) is 0 Å². The lowest BCUT2D eigenvalue weighted by molar-refractivity contribution is 0.637. The van der Waals surface area contributed by atoms with Gasteiger partial charge in [-0.25, -0.2) is 4.98 Å². The molecule has 2 nitrogen and oxygen atoms in total. The Hall–Kier alpha value is -1.61. The highest BCUT2D eigenvalue weighted by Crippen LogP contribution is 2.35. The number of nitrogens with zero attached hydrogens (tertiary/aromatic N) is 2. The van der Waals surface area contributed by atoms with Gasteiger partial charge in [-0.2, -0.15) is 0 Å². The Bertz CT molecular complexity index is 746. The number of rotatable bonds is 1. The zero-order valence-electron chi connectivity index (χ0n) is 10.4. The van der Waals surface area contributed by atoms with E-state index in [1.807, 2.05) is 0 Å². The van der Waals surface area contributed by atoms with Crippen molar-refractivity contribution in [2.45, 2.75) is 18.9 Å². The van der Waals surface area contributed by atoms with Gasteiger partial charge in [-0.05, 0) is 30.2 Å². The molecule has 0 fully saturated rings. The molecule has 0 saturated carbocycles. The van der Waals surface area contributed by atoms with E-state index in [1.54, 1.807) is 0 Å². The van der Waals surface area contributed by atoms with Gasteiger partial charge in [-0.1, -0.05) is 46.3 Å². The largest absolute Gasteiger partial charge is 0.320 e. The van der Waals surface area contributed by atoms with E-state index in [4.69, 9.17) is 4.98 Å². The SMILES string of the molecule is Brc1ccc2nc3n(c2c1)[C@H](c1ccccc1)CC3. The third-order valence-corrected chi connectivity index (χ3v) is 4.36. The van der Waals surface area contributed by atoms with Crippen molar-refractivity contribution in [3.63, 3.8) is 0 Å². The molecule has 3 heteroatoms. The normalized spacial score (nSPS) is 17.8. The standard InChI is InChI=1S/C16H13BrN2/c17-12-6-7-13-15(10-12)19-14(8-9-16(19)18-13)11-4-2-1-3-5-11/h1-7,10,14H,8-9H2/t14-/m0/s1. The fraction of sp³-hybridized carbons (Fsp3) is 0.188. The van der Waals surface area contributed by atoms with Gasteiger partial charge in [0.2, 0.25) is 0 Å². The van der Waals surface area contributed by atoms with Crippen LogP contribution in [0.25, 0.3) is 11.0 Å². The molecule has 2 aromatic carbocycles. The van der Waals surface area contributed by atoms with Crippen LogP contribution in [0.5, 0.6) is 0 Å². The van der Waals surface area contributed by atoms with Crippen LogP contribution in [-0.4, -0.2) is 9.55 Å². The molecule has 94 valence electrons. The molecule has 3 aromatic rings. The number of halogens is 1. The minimum absolute atomic E-state index is 0.426. The Morgan fingerprint density at radius 1 is 1.11 bits per heavy atom. The number of fused-ring (bicyclic) bond motifs is 3. The number of hydrogen-bond acceptors (Lipinski definition) is 1. The average Bonchev–Trinajstić information content (AvgIpc) is 2.99. The fourth-order valence-electron chi connectivity index (χ4n) is 3.03. The van der Waals surface area contributed by atoms with E-state index in [0.29, 0.717) is 6.04 Å². The highest BCUT2D eigenvalue weighted by atomic mass is 79.9. The van der Waals surface area contributed by atoms with Crippen molar-refractivity contribution in [3.8, 4) is 0 Å². The van der Waals surface area contributed by atoms with Gasteiger partial charge in [0.05, 0.1) is 17.1 Å². The summed E-state index contributed by atoms with van der Waals surface area (Å²) in [7, 11) is 0. The highest BCUT2D eigenvalue weighted by Gasteiger charge is 2.26. The third-order valence-electron chi connectivity index (χ3n) is 3.86. The number of aryl methyl sites for hydroxylation is 1. The lowest BCUT2D eigenvalue weighted by Crippen LogP contribution is -2.05. The van der Waals surface area contributed by atoms with Crippen LogP contribution in [0.2, 0.25) is 0 Å². The first-order chi connectivity index (χ1) is 9.33. The Balaban J connectivity index is 1.94. The Kier molecular flexibility index (Phi) is 2.49. The highest BCUT2D eigenvalue weighted by molar-refractivity contribution is 9.10. The second-order valence-corrected chi connectivity index (χ2v) is 5.91. The van der Waals surface area contributed by atoms with E-state index >= 15 is 0 Å². The molecule has 1 aromatic heterocycles. The second-order valence-electron chi connectivity index (χ2n) is 5.00. The molecule has 1 atom stereocenters. The van der Waals surface area contributed by atoms with Crippen LogP contribution in [-0.2, 0) is 6.42 Å². The first-order valence-corrected chi connectivity index (χ1v) is 7.33. The summed E-state index contributed by atoms with van der Waals surface area (Å²) in [5, 5.41) is 0. The predicted molar refractivity (Wildman–Crippen MR) is 80.3 cm³/mol. The van der Waals surface area contributed by atoms with Gasteiger partial charge in [0.15, 0.2) is 0 Å². The van der Waals surface area contributed by atoms with Gasteiger partial charge in [-0.3, -0.25) is 0 Å². The summed E-state index contributed by atoms with van der Waals surface area (Å²) in [6, 6.07) is 17.5. The molecule has 0 spiro atoms. The molecule has 0 bridgehead atoms. The van der Waals surface area contributed by atoms with E-state index in [2.05, 4.69) is 69.0 Å². The third kappa shape index (κ3) is 1.72. The number of hydrogen-bond donors (Lipinski definition) is 0. The molecular formula is C16H13BrN2. The van der Waals surface area contributed by atoms with Gasteiger partial charge in [-0.15, -0.1) is 0 Å². The van der Waals surface area contributed by atoms with Gasteiger partial charge < -0.3 is 4.57 Å². The van der Waals surface area contributed by atoms with Crippen molar-refractivity contribution >= 4 is 27.0 Å². The zero-order chi connectivity index (χ0) is 12.8. The average molecular weight is 313 g/mol. The molecular weight excluding hydrogens is 300 g/mol. The Morgan fingerprint density at radius 2 is 1.95 bits per heavy atom. The molecule has 1 aliphatic rings. The van der Waals surface area contributed by atoms with Crippen LogP contribution in [0, 0.1) is 0 Å². The van der Waals surface area contributed by atoms with Crippen LogP contribution < -0.4 is 0 Å².